The first kappa shape index (κ1) is 18.1. The van der Waals surface area contributed by atoms with Crippen molar-refractivity contribution in [2.24, 2.45) is 5.10 Å². The molecular weight excluding hydrogens is 400 g/mol. The smallest absolute Gasteiger partial charge is 0.268 e. The number of rotatable bonds is 3. The van der Waals surface area contributed by atoms with Crippen molar-refractivity contribution in [3.63, 3.8) is 0 Å². The molecule has 3 aromatic carbocycles. The van der Waals surface area contributed by atoms with E-state index in [1.54, 1.807) is 10.9 Å². The second kappa shape index (κ2) is 7.24. The van der Waals surface area contributed by atoms with Gasteiger partial charge in [-0.25, -0.2) is 15.0 Å². The molecule has 6 rings (SSSR count). The van der Waals surface area contributed by atoms with Crippen LogP contribution in [-0.4, -0.2) is 30.4 Å². The molecule has 0 saturated heterocycles. The molecule has 7 nitrogen and oxygen atoms in total. The molecule has 32 heavy (non-hydrogen) atoms. The highest BCUT2D eigenvalue weighted by Crippen LogP contribution is 2.25. The van der Waals surface area contributed by atoms with E-state index in [2.05, 4.69) is 10.1 Å². The van der Waals surface area contributed by atoms with Gasteiger partial charge in [-0.1, -0.05) is 60.7 Å². The molecule has 0 N–H and O–H groups in total. The third-order valence-electron chi connectivity index (χ3n) is 5.30. The Kier molecular flexibility index (Phi) is 4.11. The van der Waals surface area contributed by atoms with Crippen LogP contribution in [0.15, 0.2) is 101 Å². The van der Waals surface area contributed by atoms with Crippen LogP contribution in [0.1, 0.15) is 5.56 Å². The summed E-state index contributed by atoms with van der Waals surface area (Å²) in [6.45, 7) is 0. The van der Waals surface area contributed by atoms with E-state index in [4.69, 9.17) is 9.97 Å². The largest absolute Gasteiger partial charge is 0.269 e. The number of hydrogen-bond acceptors (Lipinski definition) is 5. The SMILES string of the molecule is O=c1c2c3nc4ccccc4nc3n(N=Cc3ccccc3)c2ncn1-c1ccccc1. The van der Waals surface area contributed by atoms with Gasteiger partial charge in [-0.15, -0.1) is 0 Å². The standard InChI is InChI=1S/C25H16N6O/c32-25-21-22-24(29-20-14-8-7-13-19(20)28-22)31(27-15-17-9-3-1-4-10-17)23(21)26-16-30(25)18-11-5-2-6-12-18/h1-16H. The Morgan fingerprint density at radius 2 is 1.41 bits per heavy atom. The number of benzene rings is 3. The maximum absolute atomic E-state index is 13.6. The second-order valence-electron chi connectivity index (χ2n) is 7.31. The molecule has 0 aliphatic rings. The zero-order chi connectivity index (χ0) is 21.5. The molecule has 3 aromatic heterocycles. The summed E-state index contributed by atoms with van der Waals surface area (Å²) in [6, 6.07) is 26.7. The minimum absolute atomic E-state index is 0.218. The van der Waals surface area contributed by atoms with Crippen molar-refractivity contribution >= 4 is 39.4 Å². The summed E-state index contributed by atoms with van der Waals surface area (Å²) in [6.07, 6.45) is 3.24. The molecule has 0 amide bonds. The van der Waals surface area contributed by atoms with Gasteiger partial charge in [0.2, 0.25) is 0 Å². The zero-order valence-electron chi connectivity index (χ0n) is 16.8. The van der Waals surface area contributed by atoms with Crippen molar-refractivity contribution in [2.75, 3.05) is 0 Å². The van der Waals surface area contributed by atoms with Gasteiger partial charge in [0.1, 0.15) is 17.2 Å². The normalized spacial score (nSPS) is 11.8. The van der Waals surface area contributed by atoms with Crippen LogP contribution in [-0.2, 0) is 0 Å². The van der Waals surface area contributed by atoms with Crippen molar-refractivity contribution in [3.05, 3.63) is 107 Å². The fraction of sp³-hybridized carbons (Fsp3) is 0. The Balaban J connectivity index is 1.70. The van der Waals surface area contributed by atoms with Gasteiger partial charge in [0.25, 0.3) is 5.56 Å². The fourth-order valence-electron chi connectivity index (χ4n) is 3.77. The van der Waals surface area contributed by atoms with E-state index in [9.17, 15) is 4.79 Å². The van der Waals surface area contributed by atoms with Gasteiger partial charge in [-0.05, 0) is 29.8 Å². The highest BCUT2D eigenvalue weighted by Gasteiger charge is 2.20. The molecule has 0 spiro atoms. The minimum Gasteiger partial charge on any atom is -0.268 e. The first-order valence-electron chi connectivity index (χ1n) is 10.1. The maximum atomic E-state index is 13.6. The number of nitrogens with zero attached hydrogens (tertiary/aromatic N) is 6. The zero-order valence-corrected chi connectivity index (χ0v) is 16.8. The Morgan fingerprint density at radius 3 is 2.16 bits per heavy atom. The van der Waals surface area contributed by atoms with Gasteiger partial charge in [-0.2, -0.15) is 9.78 Å². The molecule has 0 bridgehead atoms. The predicted octanol–water partition coefficient (Wildman–Crippen LogP) is 4.17. The van der Waals surface area contributed by atoms with Crippen LogP contribution in [0.25, 0.3) is 38.9 Å². The molecule has 0 saturated carbocycles. The molecule has 0 aliphatic heterocycles. The first-order valence-corrected chi connectivity index (χ1v) is 10.1. The fourth-order valence-corrected chi connectivity index (χ4v) is 3.77. The van der Waals surface area contributed by atoms with Crippen LogP contribution in [0.3, 0.4) is 0 Å². The Morgan fingerprint density at radius 1 is 0.750 bits per heavy atom. The van der Waals surface area contributed by atoms with Crippen LogP contribution in [0, 0.1) is 0 Å². The highest BCUT2D eigenvalue weighted by molar-refractivity contribution is 6.05. The predicted molar refractivity (Wildman–Crippen MR) is 125 cm³/mol. The molecule has 0 fully saturated rings. The molecule has 0 aliphatic carbocycles. The van der Waals surface area contributed by atoms with E-state index < -0.39 is 0 Å². The van der Waals surface area contributed by atoms with Crippen molar-refractivity contribution in [1.29, 1.82) is 0 Å². The summed E-state index contributed by atoms with van der Waals surface area (Å²) in [4.78, 5) is 27.7. The Labute approximate surface area is 181 Å². The van der Waals surface area contributed by atoms with E-state index in [0.29, 0.717) is 27.7 Å². The highest BCUT2D eigenvalue weighted by atomic mass is 16.1. The van der Waals surface area contributed by atoms with Gasteiger partial charge in [0.15, 0.2) is 11.3 Å². The van der Waals surface area contributed by atoms with Crippen molar-refractivity contribution < 1.29 is 0 Å². The lowest BCUT2D eigenvalue weighted by Gasteiger charge is -2.04. The lowest BCUT2D eigenvalue weighted by Crippen LogP contribution is -2.18. The molecule has 152 valence electrons. The first-order chi connectivity index (χ1) is 15.8. The summed E-state index contributed by atoms with van der Waals surface area (Å²) >= 11 is 0. The number of hydrogen-bond donors (Lipinski definition) is 0. The van der Waals surface area contributed by atoms with Crippen LogP contribution >= 0.6 is 0 Å². The monoisotopic (exact) mass is 416 g/mol. The van der Waals surface area contributed by atoms with E-state index in [1.165, 1.54) is 10.9 Å². The van der Waals surface area contributed by atoms with Gasteiger partial charge >= 0.3 is 0 Å². The number of aromatic nitrogens is 5. The lowest BCUT2D eigenvalue weighted by molar-refractivity contribution is 0.906. The average molecular weight is 416 g/mol. The number of para-hydroxylation sites is 3. The van der Waals surface area contributed by atoms with E-state index >= 15 is 0 Å². The molecule has 7 heteroatoms. The minimum atomic E-state index is -0.218. The molecule has 0 atom stereocenters. The Hall–Kier alpha value is -4.65. The van der Waals surface area contributed by atoms with Gasteiger partial charge in [-0.3, -0.25) is 9.36 Å². The molecule has 0 radical (unpaired) electrons. The van der Waals surface area contributed by atoms with Crippen LogP contribution in [0.4, 0.5) is 0 Å². The maximum Gasteiger partial charge on any atom is 0.269 e. The van der Waals surface area contributed by atoms with Gasteiger partial charge < -0.3 is 0 Å². The summed E-state index contributed by atoms with van der Waals surface area (Å²) in [7, 11) is 0. The van der Waals surface area contributed by atoms with Gasteiger partial charge in [0.05, 0.1) is 22.9 Å². The third-order valence-corrected chi connectivity index (χ3v) is 5.30. The van der Waals surface area contributed by atoms with Crippen molar-refractivity contribution in [3.8, 4) is 5.69 Å². The third kappa shape index (κ3) is 2.87. The van der Waals surface area contributed by atoms with E-state index in [1.807, 2.05) is 84.9 Å². The summed E-state index contributed by atoms with van der Waals surface area (Å²) in [5.41, 5.74) is 4.25. The molecule has 3 heterocycles. The van der Waals surface area contributed by atoms with E-state index in [-0.39, 0.29) is 5.56 Å². The average Bonchev–Trinajstić information content (AvgIpc) is 3.16. The second-order valence-corrected chi connectivity index (χ2v) is 7.31. The van der Waals surface area contributed by atoms with Crippen molar-refractivity contribution in [2.45, 2.75) is 0 Å². The van der Waals surface area contributed by atoms with Gasteiger partial charge in [0, 0.05) is 0 Å². The van der Waals surface area contributed by atoms with Crippen LogP contribution in [0.5, 0.6) is 0 Å². The summed E-state index contributed by atoms with van der Waals surface area (Å²) in [5.74, 6) is 0. The molecular formula is C25H16N6O. The summed E-state index contributed by atoms with van der Waals surface area (Å²) < 4.78 is 3.11. The van der Waals surface area contributed by atoms with Crippen molar-refractivity contribution in [1.82, 2.24) is 24.2 Å². The molecule has 6 aromatic rings. The summed E-state index contributed by atoms with van der Waals surface area (Å²) in [5, 5.41) is 5.01. The van der Waals surface area contributed by atoms with Crippen LogP contribution < -0.4 is 5.56 Å². The topological polar surface area (TPSA) is 78.0 Å². The number of fused-ring (bicyclic) bond motifs is 4. The molecule has 0 unspecified atom stereocenters. The Bertz CT molecular complexity index is 1680. The quantitative estimate of drug-likeness (QED) is 0.406. The lowest BCUT2D eigenvalue weighted by atomic mass is 10.2. The van der Waals surface area contributed by atoms with E-state index in [0.717, 1.165) is 16.8 Å². The van der Waals surface area contributed by atoms with Crippen LogP contribution in [0.2, 0.25) is 0 Å².